The first-order chi connectivity index (χ1) is 13.8. The molecule has 4 aromatic rings. The monoisotopic (exact) mass is 371 g/mol. The van der Waals surface area contributed by atoms with Gasteiger partial charge >= 0.3 is 0 Å². The quantitative estimate of drug-likeness (QED) is 0.347. The summed E-state index contributed by atoms with van der Waals surface area (Å²) < 4.78 is 11.2. The lowest BCUT2D eigenvalue weighted by molar-refractivity contribution is 0.310. The van der Waals surface area contributed by atoms with E-state index in [2.05, 4.69) is 27.6 Å². The van der Waals surface area contributed by atoms with Gasteiger partial charge in [0.15, 0.2) is 0 Å². The van der Waals surface area contributed by atoms with Crippen LogP contribution in [0.3, 0.4) is 0 Å². The summed E-state index contributed by atoms with van der Waals surface area (Å²) in [6, 6.07) is 23.7. The Morgan fingerprint density at radius 2 is 1.79 bits per heavy atom. The molecule has 0 amide bonds. The van der Waals surface area contributed by atoms with E-state index in [-0.39, 0.29) is 0 Å². The summed E-state index contributed by atoms with van der Waals surface area (Å²) in [5.41, 5.74) is 7.02. The smallest absolute Gasteiger partial charge is 0.129 e. The Kier molecular flexibility index (Phi) is 5.24. The third-order valence-corrected chi connectivity index (χ3v) is 4.42. The van der Waals surface area contributed by atoms with E-state index in [9.17, 15) is 0 Å². The van der Waals surface area contributed by atoms with Crippen LogP contribution in [-0.4, -0.2) is 18.3 Å². The van der Waals surface area contributed by atoms with Crippen molar-refractivity contribution >= 4 is 22.8 Å². The van der Waals surface area contributed by atoms with Crippen LogP contribution in [0.1, 0.15) is 11.1 Å². The second-order valence-corrected chi connectivity index (χ2v) is 6.30. The van der Waals surface area contributed by atoms with Crippen LogP contribution >= 0.6 is 0 Å². The summed E-state index contributed by atoms with van der Waals surface area (Å²) in [4.78, 5) is 3.27. The number of methoxy groups -OCH3 is 1. The van der Waals surface area contributed by atoms with E-state index in [4.69, 9.17) is 9.47 Å². The maximum atomic E-state index is 6.08. The fourth-order valence-electron chi connectivity index (χ4n) is 2.98. The zero-order valence-electron chi connectivity index (χ0n) is 15.6. The lowest BCUT2D eigenvalue weighted by Crippen LogP contribution is -1.96. The van der Waals surface area contributed by atoms with Gasteiger partial charge in [0.25, 0.3) is 0 Å². The van der Waals surface area contributed by atoms with Crippen molar-refractivity contribution in [2.75, 3.05) is 12.5 Å². The molecule has 28 heavy (non-hydrogen) atoms. The number of hydrogen-bond donors (Lipinski definition) is 2. The minimum atomic E-state index is 0.520. The lowest BCUT2D eigenvalue weighted by atomic mass is 10.1. The summed E-state index contributed by atoms with van der Waals surface area (Å²) in [5, 5.41) is 5.37. The molecular formula is C23H21N3O2. The molecule has 4 rings (SSSR count). The molecular weight excluding hydrogens is 350 g/mol. The molecule has 0 saturated heterocycles. The van der Waals surface area contributed by atoms with Crippen LogP contribution in [0.5, 0.6) is 11.5 Å². The lowest BCUT2D eigenvalue weighted by Gasteiger charge is -2.08. The third-order valence-electron chi connectivity index (χ3n) is 4.42. The van der Waals surface area contributed by atoms with Gasteiger partial charge in [-0.1, -0.05) is 36.4 Å². The van der Waals surface area contributed by atoms with Crippen molar-refractivity contribution in [3.63, 3.8) is 0 Å². The molecule has 0 spiro atoms. The van der Waals surface area contributed by atoms with E-state index >= 15 is 0 Å². The molecule has 5 nitrogen and oxygen atoms in total. The molecule has 0 saturated carbocycles. The normalized spacial score (nSPS) is 11.0. The number of hydrogen-bond acceptors (Lipinski definition) is 4. The first-order valence-electron chi connectivity index (χ1n) is 9.03. The van der Waals surface area contributed by atoms with Gasteiger partial charge in [-0.2, -0.15) is 5.10 Å². The Bertz CT molecular complexity index is 1070. The highest BCUT2D eigenvalue weighted by Crippen LogP contribution is 2.28. The number of rotatable bonds is 7. The maximum absolute atomic E-state index is 6.08. The SMILES string of the molecule is COc1ccc(NN=Cc2c[nH]c3cccc(OCc4ccccc4)c23)cc1. The molecule has 0 aliphatic heterocycles. The number of H-pyrrole nitrogens is 1. The Morgan fingerprint density at radius 3 is 2.57 bits per heavy atom. The number of anilines is 1. The van der Waals surface area contributed by atoms with Gasteiger partial charge in [0.1, 0.15) is 18.1 Å². The van der Waals surface area contributed by atoms with Gasteiger partial charge in [-0.05, 0) is 42.0 Å². The highest BCUT2D eigenvalue weighted by atomic mass is 16.5. The largest absolute Gasteiger partial charge is 0.497 e. The molecule has 3 aromatic carbocycles. The number of aromatic nitrogens is 1. The first kappa shape index (κ1) is 17.7. The van der Waals surface area contributed by atoms with E-state index in [0.717, 1.165) is 39.2 Å². The van der Waals surface area contributed by atoms with E-state index in [1.165, 1.54) is 0 Å². The molecule has 2 N–H and O–H groups in total. The van der Waals surface area contributed by atoms with Crippen LogP contribution in [0.4, 0.5) is 5.69 Å². The molecule has 140 valence electrons. The van der Waals surface area contributed by atoms with Crippen LogP contribution in [0.2, 0.25) is 0 Å². The van der Waals surface area contributed by atoms with Crippen molar-refractivity contribution in [2.24, 2.45) is 5.10 Å². The van der Waals surface area contributed by atoms with Crippen molar-refractivity contribution < 1.29 is 9.47 Å². The molecule has 0 fully saturated rings. The van der Waals surface area contributed by atoms with E-state index in [1.54, 1.807) is 13.3 Å². The fraction of sp³-hybridized carbons (Fsp3) is 0.0870. The highest BCUT2D eigenvalue weighted by Gasteiger charge is 2.08. The molecule has 1 heterocycles. The maximum Gasteiger partial charge on any atom is 0.129 e. The van der Waals surface area contributed by atoms with E-state index < -0.39 is 0 Å². The third kappa shape index (κ3) is 3.99. The van der Waals surface area contributed by atoms with Gasteiger partial charge in [0.2, 0.25) is 0 Å². The molecule has 0 aliphatic carbocycles. The Hall–Kier alpha value is -3.73. The predicted molar refractivity (Wildman–Crippen MR) is 113 cm³/mol. The van der Waals surface area contributed by atoms with Crippen LogP contribution in [-0.2, 0) is 6.61 Å². The van der Waals surface area contributed by atoms with Crippen LogP contribution in [0, 0.1) is 0 Å². The molecule has 0 radical (unpaired) electrons. The summed E-state index contributed by atoms with van der Waals surface area (Å²) in [7, 11) is 1.65. The molecule has 5 heteroatoms. The van der Waals surface area contributed by atoms with Crippen LogP contribution < -0.4 is 14.9 Å². The second kappa shape index (κ2) is 8.31. The highest BCUT2D eigenvalue weighted by molar-refractivity contribution is 6.02. The van der Waals surface area contributed by atoms with Crippen molar-refractivity contribution in [2.45, 2.75) is 6.61 Å². The van der Waals surface area contributed by atoms with Crippen molar-refractivity contribution in [1.29, 1.82) is 0 Å². The fourth-order valence-corrected chi connectivity index (χ4v) is 2.98. The number of benzene rings is 3. The van der Waals surface area contributed by atoms with Gasteiger partial charge < -0.3 is 14.5 Å². The van der Waals surface area contributed by atoms with E-state index in [0.29, 0.717) is 6.61 Å². The number of nitrogens with one attached hydrogen (secondary N) is 2. The summed E-state index contributed by atoms with van der Waals surface area (Å²) in [6.45, 7) is 0.520. The van der Waals surface area contributed by atoms with Gasteiger partial charge in [0, 0.05) is 17.3 Å². The van der Waals surface area contributed by atoms with E-state index in [1.807, 2.05) is 66.9 Å². The van der Waals surface area contributed by atoms with Crippen molar-refractivity contribution in [3.05, 3.63) is 90.1 Å². The number of hydrazone groups is 1. The molecule has 0 unspecified atom stereocenters. The Morgan fingerprint density at radius 1 is 0.964 bits per heavy atom. The minimum absolute atomic E-state index is 0.520. The molecule has 1 aromatic heterocycles. The average Bonchev–Trinajstić information content (AvgIpc) is 3.17. The van der Waals surface area contributed by atoms with Crippen LogP contribution in [0.15, 0.2) is 84.1 Å². The minimum Gasteiger partial charge on any atom is -0.497 e. The van der Waals surface area contributed by atoms with Gasteiger partial charge in [-0.15, -0.1) is 0 Å². The van der Waals surface area contributed by atoms with Gasteiger partial charge in [-0.3, -0.25) is 5.43 Å². The van der Waals surface area contributed by atoms with Gasteiger partial charge in [-0.25, -0.2) is 0 Å². The standard InChI is InChI=1S/C23H21N3O2/c1-27-20-12-10-19(11-13-20)26-25-15-18-14-24-21-8-5-9-22(23(18)21)28-16-17-6-3-2-4-7-17/h2-15,24,26H,16H2,1H3. The summed E-state index contributed by atoms with van der Waals surface area (Å²) in [6.07, 6.45) is 3.72. The molecule has 0 atom stereocenters. The zero-order valence-corrected chi connectivity index (χ0v) is 15.6. The number of ether oxygens (including phenoxy) is 2. The number of aromatic amines is 1. The molecule has 0 aliphatic rings. The summed E-state index contributed by atoms with van der Waals surface area (Å²) >= 11 is 0. The predicted octanol–water partition coefficient (Wildman–Crippen LogP) is 5.20. The van der Waals surface area contributed by atoms with Gasteiger partial charge in [0.05, 0.1) is 24.4 Å². The Balaban J connectivity index is 1.52. The zero-order chi connectivity index (χ0) is 19.2. The number of fused-ring (bicyclic) bond motifs is 1. The average molecular weight is 371 g/mol. The van der Waals surface area contributed by atoms with Crippen molar-refractivity contribution in [1.82, 2.24) is 4.98 Å². The Labute approximate surface area is 163 Å². The van der Waals surface area contributed by atoms with Crippen LogP contribution in [0.25, 0.3) is 10.9 Å². The first-order valence-corrected chi connectivity index (χ1v) is 9.03. The summed E-state index contributed by atoms with van der Waals surface area (Å²) in [5.74, 6) is 1.64. The topological polar surface area (TPSA) is 58.6 Å². The second-order valence-electron chi connectivity index (χ2n) is 6.30. The number of nitrogens with zero attached hydrogens (tertiary/aromatic N) is 1. The molecule has 0 bridgehead atoms. The van der Waals surface area contributed by atoms with Crippen molar-refractivity contribution in [3.8, 4) is 11.5 Å².